The van der Waals surface area contributed by atoms with Crippen molar-refractivity contribution in [2.45, 2.75) is 84.1 Å². The summed E-state index contributed by atoms with van der Waals surface area (Å²) in [4.78, 5) is 22.1. The zero-order valence-electron chi connectivity index (χ0n) is 23.8. The van der Waals surface area contributed by atoms with Gasteiger partial charge in [-0.15, -0.1) is 6.58 Å². The minimum absolute atomic E-state index is 0.0878. The van der Waals surface area contributed by atoms with Gasteiger partial charge < -0.3 is 15.5 Å². The van der Waals surface area contributed by atoms with Crippen LogP contribution < -0.4 is 10.6 Å². The fourth-order valence-corrected chi connectivity index (χ4v) is 4.65. The molecule has 0 spiro atoms. The van der Waals surface area contributed by atoms with Crippen LogP contribution in [0.1, 0.15) is 89.3 Å². The number of likely N-dealkylation sites (tertiary alicyclic amines) is 1. The number of alkyl halides is 2. The van der Waals surface area contributed by atoms with Crippen LogP contribution in [0.15, 0.2) is 40.8 Å². The quantitative estimate of drug-likeness (QED) is 0.0965. The largest absolute Gasteiger partial charge is 0.356 e. The fraction of sp³-hybridized carbons (Fsp3) is 0.633. The van der Waals surface area contributed by atoms with Crippen molar-refractivity contribution in [3.05, 3.63) is 47.8 Å². The van der Waals surface area contributed by atoms with Gasteiger partial charge in [-0.1, -0.05) is 51.0 Å². The maximum atomic E-state index is 15.4. The van der Waals surface area contributed by atoms with Crippen LogP contribution in [0, 0.1) is 11.7 Å². The van der Waals surface area contributed by atoms with Crippen LogP contribution in [0.3, 0.4) is 0 Å². The van der Waals surface area contributed by atoms with Crippen LogP contribution in [-0.4, -0.2) is 55.7 Å². The molecular weight excluding hydrogens is 503 g/mol. The van der Waals surface area contributed by atoms with Gasteiger partial charge in [-0.05, 0) is 38.6 Å². The van der Waals surface area contributed by atoms with Crippen LogP contribution >= 0.6 is 0 Å². The lowest BCUT2D eigenvalue weighted by atomic mass is 9.90. The van der Waals surface area contributed by atoms with Crippen molar-refractivity contribution in [3.63, 3.8) is 0 Å². The molecule has 1 aliphatic heterocycles. The van der Waals surface area contributed by atoms with Crippen molar-refractivity contribution in [1.82, 2.24) is 15.5 Å². The third kappa shape index (κ3) is 10.8. The molecule has 6 nitrogen and oxygen atoms in total. The lowest BCUT2D eigenvalue weighted by Crippen LogP contribution is -2.47. The van der Waals surface area contributed by atoms with Crippen molar-refractivity contribution < 1.29 is 18.0 Å². The van der Waals surface area contributed by atoms with E-state index in [1.807, 2.05) is 20.8 Å². The Bertz CT molecular complexity index is 960. The van der Waals surface area contributed by atoms with E-state index in [0.717, 1.165) is 51.9 Å². The van der Waals surface area contributed by atoms with E-state index in [1.165, 1.54) is 30.6 Å². The summed E-state index contributed by atoms with van der Waals surface area (Å²) in [7, 11) is 0. The zero-order valence-corrected chi connectivity index (χ0v) is 23.8. The van der Waals surface area contributed by atoms with E-state index in [1.54, 1.807) is 0 Å². The maximum Gasteiger partial charge on any atom is 0.276 e. The second-order valence-electron chi connectivity index (χ2n) is 10.1. The molecule has 1 aliphatic rings. The van der Waals surface area contributed by atoms with E-state index in [9.17, 15) is 4.79 Å². The van der Waals surface area contributed by atoms with E-state index in [4.69, 9.17) is 0 Å². The first-order chi connectivity index (χ1) is 18.7. The minimum Gasteiger partial charge on any atom is -0.356 e. The van der Waals surface area contributed by atoms with Gasteiger partial charge in [-0.3, -0.25) is 14.8 Å². The number of benzene rings is 1. The highest BCUT2D eigenvalue weighted by Crippen LogP contribution is 2.39. The number of carbonyl (C=O) groups is 1. The van der Waals surface area contributed by atoms with Gasteiger partial charge in [0.05, 0.1) is 17.9 Å². The molecule has 0 saturated carbocycles. The van der Waals surface area contributed by atoms with Gasteiger partial charge in [0.25, 0.3) is 5.92 Å². The Hall–Kier alpha value is -2.68. The van der Waals surface area contributed by atoms with Crippen LogP contribution in [0.2, 0.25) is 0 Å². The molecule has 1 saturated heterocycles. The number of unbranched alkanes of at least 4 members (excludes halogenated alkanes) is 3. The highest BCUT2D eigenvalue weighted by atomic mass is 19.3. The smallest absolute Gasteiger partial charge is 0.276 e. The number of rotatable bonds is 18. The molecule has 0 aromatic heterocycles. The average Bonchev–Trinajstić information content (AvgIpc) is 2.90. The normalized spacial score (nSPS) is 15.8. The first-order valence-corrected chi connectivity index (χ1v) is 14.3. The van der Waals surface area contributed by atoms with Gasteiger partial charge in [0.2, 0.25) is 5.91 Å². The predicted octanol–water partition coefficient (Wildman–Crippen LogP) is 6.39. The fourth-order valence-electron chi connectivity index (χ4n) is 4.65. The number of carbonyl (C=O) groups excluding carboxylic acids is 1. The second kappa shape index (κ2) is 17.1. The van der Waals surface area contributed by atoms with Crippen molar-refractivity contribution in [3.8, 4) is 0 Å². The standard InChI is InChI=1S/C30H46F3N5O/c1-5-26(37-27(6-2)36-22-34-8-4)24-14-13-15-25(29(24)31)30(32,33)17-16-23-20-38(21-23)19-12-10-9-11-18-35-28(39)7-3/h5,13-15,22-23,26H,1,6-12,16-21H2,2-4H3,(H,35,39)(H,34,36,37)/t26-/m1/s1. The Balaban J connectivity index is 1.83. The maximum absolute atomic E-state index is 15.4. The van der Waals surface area contributed by atoms with Crippen LogP contribution in [-0.2, 0) is 10.7 Å². The van der Waals surface area contributed by atoms with Crippen LogP contribution in [0.5, 0.6) is 0 Å². The Morgan fingerprint density at radius 2 is 1.92 bits per heavy atom. The van der Waals surface area contributed by atoms with Gasteiger partial charge in [0.15, 0.2) is 0 Å². The molecule has 1 aromatic carbocycles. The zero-order chi connectivity index (χ0) is 28.7. The van der Waals surface area contributed by atoms with E-state index < -0.39 is 23.3 Å². The monoisotopic (exact) mass is 549 g/mol. The van der Waals surface area contributed by atoms with Gasteiger partial charge >= 0.3 is 0 Å². The molecule has 39 heavy (non-hydrogen) atoms. The minimum atomic E-state index is -3.26. The van der Waals surface area contributed by atoms with Gasteiger partial charge in [-0.2, -0.15) is 0 Å². The molecule has 0 unspecified atom stereocenters. The van der Waals surface area contributed by atoms with E-state index >= 15 is 13.2 Å². The number of halogens is 3. The summed E-state index contributed by atoms with van der Waals surface area (Å²) in [6, 6.07) is 3.35. The summed E-state index contributed by atoms with van der Waals surface area (Å²) in [5.41, 5.74) is -0.489. The van der Waals surface area contributed by atoms with Crippen LogP contribution in [0.4, 0.5) is 13.2 Å². The van der Waals surface area contributed by atoms with Crippen LogP contribution in [0.25, 0.3) is 0 Å². The van der Waals surface area contributed by atoms with E-state index in [2.05, 4.69) is 32.1 Å². The average molecular weight is 550 g/mol. The van der Waals surface area contributed by atoms with Crippen molar-refractivity contribution in [1.29, 1.82) is 0 Å². The van der Waals surface area contributed by atoms with Crippen molar-refractivity contribution in [2.75, 3.05) is 32.7 Å². The van der Waals surface area contributed by atoms with Crippen molar-refractivity contribution in [2.24, 2.45) is 15.9 Å². The van der Waals surface area contributed by atoms with Gasteiger partial charge in [0, 0.05) is 51.0 Å². The molecule has 1 amide bonds. The number of nitrogens with one attached hydrogen (secondary N) is 2. The first kappa shape index (κ1) is 32.5. The molecule has 1 fully saturated rings. The number of nitrogens with zero attached hydrogens (tertiary/aromatic N) is 3. The Labute approximate surface area is 232 Å². The lowest BCUT2D eigenvalue weighted by molar-refractivity contribution is -0.120. The van der Waals surface area contributed by atoms with E-state index in [0.29, 0.717) is 31.6 Å². The van der Waals surface area contributed by atoms with Gasteiger partial charge in [-0.25, -0.2) is 13.2 Å². The summed E-state index contributed by atoms with van der Waals surface area (Å²) in [6.45, 7) is 13.3. The summed E-state index contributed by atoms with van der Waals surface area (Å²) in [6.07, 6.45) is 8.23. The Kier molecular flexibility index (Phi) is 14.3. The molecule has 0 bridgehead atoms. The summed E-state index contributed by atoms with van der Waals surface area (Å²) in [5, 5.41) is 5.85. The SMILES string of the molecule is C=C[C@@H](N=C(CC)NC=NCC)c1cccc(C(F)(F)CCC2CN(CCCCCCNC(=O)CC)C2)c1F. The number of aliphatic imine (C=N–C) groups is 2. The Morgan fingerprint density at radius 3 is 2.59 bits per heavy atom. The lowest BCUT2D eigenvalue weighted by Gasteiger charge is -2.40. The highest BCUT2D eigenvalue weighted by molar-refractivity contribution is 5.91. The molecule has 0 aliphatic carbocycles. The topological polar surface area (TPSA) is 69.1 Å². The van der Waals surface area contributed by atoms with Gasteiger partial charge in [0.1, 0.15) is 11.7 Å². The molecule has 2 N–H and O–H groups in total. The summed E-state index contributed by atoms with van der Waals surface area (Å²) < 4.78 is 45.7. The number of amides is 1. The van der Waals surface area contributed by atoms with Crippen molar-refractivity contribution >= 4 is 18.1 Å². The third-order valence-corrected chi connectivity index (χ3v) is 7.04. The molecule has 1 atom stereocenters. The number of hydrogen-bond acceptors (Lipinski definition) is 4. The molecule has 2 rings (SSSR count). The third-order valence-electron chi connectivity index (χ3n) is 7.04. The predicted molar refractivity (Wildman–Crippen MR) is 154 cm³/mol. The Morgan fingerprint density at radius 1 is 1.18 bits per heavy atom. The molecule has 218 valence electrons. The second-order valence-corrected chi connectivity index (χ2v) is 10.1. The summed E-state index contributed by atoms with van der Waals surface area (Å²) in [5.74, 6) is -3.31. The summed E-state index contributed by atoms with van der Waals surface area (Å²) >= 11 is 0. The van der Waals surface area contributed by atoms with E-state index in [-0.39, 0.29) is 23.8 Å². The number of hydrogen-bond donors (Lipinski definition) is 2. The molecule has 1 heterocycles. The molecule has 1 aromatic rings. The first-order valence-electron chi connectivity index (χ1n) is 14.3. The molecular formula is C30H46F3N5O. The highest BCUT2D eigenvalue weighted by Gasteiger charge is 2.38. The number of amidine groups is 1. The molecule has 0 radical (unpaired) electrons. The molecule has 9 heteroatoms.